The molecule has 0 aromatic heterocycles. The molecule has 4 heteroatoms. The first-order valence-electron chi connectivity index (χ1n) is 4.03. The summed E-state index contributed by atoms with van der Waals surface area (Å²) in [5, 5.41) is 3.37. The van der Waals surface area contributed by atoms with E-state index in [9.17, 15) is 0 Å². The molecule has 0 aliphatic carbocycles. The molecule has 0 amide bonds. The first kappa shape index (κ1) is 12.6. The third kappa shape index (κ3) is 2.31. The van der Waals surface area contributed by atoms with Crippen LogP contribution in [0.4, 0.5) is 0 Å². The van der Waals surface area contributed by atoms with Gasteiger partial charge in [0.05, 0.1) is 0 Å². The summed E-state index contributed by atoms with van der Waals surface area (Å²) < 4.78 is 0. The van der Waals surface area contributed by atoms with Crippen LogP contribution in [-0.2, 0) is 0 Å². The van der Waals surface area contributed by atoms with Crippen LogP contribution in [0.2, 0.25) is 0 Å². The van der Waals surface area contributed by atoms with E-state index >= 15 is 0 Å². The first-order chi connectivity index (χ1) is 4.90. The van der Waals surface area contributed by atoms with Crippen molar-refractivity contribution in [3.05, 3.63) is 11.1 Å². The smallest absolute Gasteiger partial charge is 0.0212 e. The van der Waals surface area contributed by atoms with Crippen LogP contribution in [0.5, 0.6) is 0 Å². The zero-order valence-electron chi connectivity index (χ0n) is 7.30. The molecular formula is C8H16Br2N2. The molecule has 2 aliphatic heterocycles. The van der Waals surface area contributed by atoms with Gasteiger partial charge in [0.2, 0.25) is 0 Å². The zero-order chi connectivity index (χ0) is 6.97. The number of rotatable bonds is 1. The minimum atomic E-state index is 0. The van der Waals surface area contributed by atoms with Gasteiger partial charge in [-0.3, -0.25) is 4.90 Å². The molecular weight excluding hydrogens is 284 g/mol. The maximum absolute atomic E-state index is 3.37. The predicted molar refractivity (Wildman–Crippen MR) is 62.7 cm³/mol. The average molecular weight is 300 g/mol. The van der Waals surface area contributed by atoms with E-state index in [1.165, 1.54) is 19.6 Å². The highest BCUT2D eigenvalue weighted by atomic mass is 79.9. The van der Waals surface area contributed by atoms with Crippen molar-refractivity contribution in [3.8, 4) is 0 Å². The molecule has 0 fully saturated rings. The van der Waals surface area contributed by atoms with Crippen molar-refractivity contribution in [3.63, 3.8) is 0 Å². The topological polar surface area (TPSA) is 15.3 Å². The van der Waals surface area contributed by atoms with E-state index in [0.717, 1.165) is 13.1 Å². The van der Waals surface area contributed by atoms with Crippen molar-refractivity contribution < 1.29 is 0 Å². The Hall–Kier alpha value is 0.620. The van der Waals surface area contributed by atoms with Gasteiger partial charge in [0.15, 0.2) is 0 Å². The van der Waals surface area contributed by atoms with E-state index in [0.29, 0.717) is 0 Å². The van der Waals surface area contributed by atoms with Crippen molar-refractivity contribution in [1.29, 1.82) is 0 Å². The largest absolute Gasteiger partial charge is 0.309 e. The Morgan fingerprint density at radius 1 is 1.17 bits per heavy atom. The van der Waals surface area contributed by atoms with Crippen molar-refractivity contribution in [1.82, 2.24) is 10.2 Å². The molecule has 2 rings (SSSR count). The molecule has 0 atom stereocenters. The van der Waals surface area contributed by atoms with Crippen LogP contribution in [0.25, 0.3) is 0 Å². The van der Waals surface area contributed by atoms with Gasteiger partial charge < -0.3 is 5.32 Å². The number of hydrogen-bond donors (Lipinski definition) is 1. The molecule has 0 saturated carbocycles. The second-order valence-electron chi connectivity index (χ2n) is 3.11. The van der Waals surface area contributed by atoms with Gasteiger partial charge >= 0.3 is 0 Å². The van der Waals surface area contributed by atoms with Crippen molar-refractivity contribution in [2.75, 3.05) is 32.7 Å². The Kier molecular flexibility index (Phi) is 5.65. The lowest BCUT2D eigenvalue weighted by atomic mass is 10.2. The van der Waals surface area contributed by atoms with Crippen LogP contribution in [-0.4, -0.2) is 37.6 Å². The molecule has 1 N–H and O–H groups in total. The number of hydrogen-bond acceptors (Lipinski definition) is 2. The van der Waals surface area contributed by atoms with E-state index in [1.807, 2.05) is 0 Å². The highest BCUT2D eigenvalue weighted by Crippen LogP contribution is 2.19. The van der Waals surface area contributed by atoms with E-state index in [1.54, 1.807) is 11.1 Å². The van der Waals surface area contributed by atoms with Gasteiger partial charge in [0.1, 0.15) is 0 Å². The lowest BCUT2D eigenvalue weighted by Crippen LogP contribution is -2.26. The minimum Gasteiger partial charge on any atom is -0.309 e. The molecule has 2 aliphatic rings. The Balaban J connectivity index is 0.000000605. The van der Waals surface area contributed by atoms with E-state index in [4.69, 9.17) is 0 Å². The Morgan fingerprint density at radius 2 is 1.67 bits per heavy atom. The van der Waals surface area contributed by atoms with Gasteiger partial charge in [-0.2, -0.15) is 0 Å². The van der Waals surface area contributed by atoms with Gasteiger partial charge in [0, 0.05) is 26.2 Å². The fourth-order valence-electron chi connectivity index (χ4n) is 1.77. The highest BCUT2D eigenvalue weighted by molar-refractivity contribution is 8.93. The number of likely N-dealkylation sites (N-methyl/N-ethyl adjacent to an activating group) is 1. The average Bonchev–Trinajstić information content (AvgIpc) is 2.42. The summed E-state index contributed by atoms with van der Waals surface area (Å²) >= 11 is 0. The number of nitrogens with zero attached hydrogens (tertiary/aromatic N) is 1. The monoisotopic (exact) mass is 298 g/mol. The Labute approximate surface area is 94.9 Å². The fourth-order valence-corrected chi connectivity index (χ4v) is 1.77. The minimum absolute atomic E-state index is 0. The molecule has 0 spiro atoms. The summed E-state index contributed by atoms with van der Waals surface area (Å²) in [5.41, 5.74) is 3.31. The molecule has 72 valence electrons. The standard InChI is InChI=1S/C8H14N2.2BrH/c1-2-10-5-7-3-9-4-8(7)6-10;;/h9H,2-6H2,1H3;2*1H. The van der Waals surface area contributed by atoms with Gasteiger partial charge in [-0.25, -0.2) is 0 Å². The summed E-state index contributed by atoms with van der Waals surface area (Å²) in [4.78, 5) is 2.49. The third-order valence-corrected chi connectivity index (χ3v) is 2.45. The summed E-state index contributed by atoms with van der Waals surface area (Å²) in [6, 6.07) is 0. The molecule has 0 saturated heterocycles. The lowest BCUT2D eigenvalue weighted by Gasteiger charge is -2.14. The molecule has 0 bridgehead atoms. The molecule has 2 heterocycles. The first-order valence-corrected chi connectivity index (χ1v) is 4.03. The maximum Gasteiger partial charge on any atom is 0.0212 e. The molecule has 12 heavy (non-hydrogen) atoms. The third-order valence-electron chi connectivity index (χ3n) is 2.45. The lowest BCUT2D eigenvalue weighted by molar-refractivity contribution is 0.357. The van der Waals surface area contributed by atoms with Crippen LogP contribution in [0.3, 0.4) is 0 Å². The van der Waals surface area contributed by atoms with E-state index in [2.05, 4.69) is 17.1 Å². The van der Waals surface area contributed by atoms with Crippen LogP contribution in [0, 0.1) is 0 Å². The van der Waals surface area contributed by atoms with E-state index < -0.39 is 0 Å². The van der Waals surface area contributed by atoms with Crippen LogP contribution >= 0.6 is 34.0 Å². The van der Waals surface area contributed by atoms with Crippen molar-refractivity contribution in [2.24, 2.45) is 0 Å². The molecule has 2 nitrogen and oxygen atoms in total. The predicted octanol–water partition coefficient (Wildman–Crippen LogP) is 1.38. The second kappa shape index (κ2) is 5.37. The normalized spacial score (nSPS) is 21.8. The van der Waals surface area contributed by atoms with Gasteiger partial charge in [-0.1, -0.05) is 6.92 Å². The van der Waals surface area contributed by atoms with Crippen LogP contribution in [0.15, 0.2) is 11.1 Å². The summed E-state index contributed by atoms with van der Waals surface area (Å²) in [7, 11) is 0. The van der Waals surface area contributed by atoms with E-state index in [-0.39, 0.29) is 34.0 Å². The summed E-state index contributed by atoms with van der Waals surface area (Å²) in [5.74, 6) is 0. The number of halogens is 2. The van der Waals surface area contributed by atoms with Gasteiger partial charge in [-0.15, -0.1) is 34.0 Å². The van der Waals surface area contributed by atoms with Crippen molar-refractivity contribution >= 4 is 34.0 Å². The molecule has 0 aromatic carbocycles. The molecule has 0 aromatic rings. The summed E-state index contributed by atoms with van der Waals surface area (Å²) in [6.45, 7) is 8.16. The van der Waals surface area contributed by atoms with Crippen LogP contribution < -0.4 is 5.32 Å². The van der Waals surface area contributed by atoms with Crippen LogP contribution in [0.1, 0.15) is 6.92 Å². The highest BCUT2D eigenvalue weighted by Gasteiger charge is 2.23. The summed E-state index contributed by atoms with van der Waals surface area (Å²) in [6.07, 6.45) is 0. The Bertz CT molecular complexity index is 164. The SMILES string of the molecule is Br.Br.CCN1CC2=C(CNC2)C1. The Morgan fingerprint density at radius 3 is 2.08 bits per heavy atom. The number of nitrogens with one attached hydrogen (secondary N) is 1. The molecule has 0 radical (unpaired) electrons. The van der Waals surface area contributed by atoms with Gasteiger partial charge in [0.25, 0.3) is 0 Å². The maximum atomic E-state index is 3.37. The quantitative estimate of drug-likeness (QED) is 0.736. The van der Waals surface area contributed by atoms with Crippen molar-refractivity contribution in [2.45, 2.75) is 6.92 Å². The fraction of sp³-hybridized carbons (Fsp3) is 0.750. The zero-order valence-corrected chi connectivity index (χ0v) is 10.7. The second-order valence-corrected chi connectivity index (χ2v) is 3.11. The van der Waals surface area contributed by atoms with Gasteiger partial charge in [-0.05, 0) is 17.7 Å². The molecule has 0 unspecified atom stereocenters.